The number of nitrogens with zero attached hydrogens (tertiary/aromatic N) is 3. The summed E-state index contributed by atoms with van der Waals surface area (Å²) in [7, 11) is -4.24. The van der Waals surface area contributed by atoms with Gasteiger partial charge in [-0.25, -0.2) is 12.8 Å². The number of nitro benzene ring substituents is 1. The van der Waals surface area contributed by atoms with E-state index in [2.05, 4.69) is 11.0 Å². The molecule has 36 heavy (non-hydrogen) atoms. The largest absolute Gasteiger partial charge is 0.365 e. The average molecular weight is 512 g/mol. The highest BCUT2D eigenvalue weighted by molar-refractivity contribution is 7.90. The summed E-state index contributed by atoms with van der Waals surface area (Å²) in [6, 6.07) is 16.8. The van der Waals surface area contributed by atoms with Crippen molar-refractivity contribution in [1.82, 2.24) is 4.90 Å². The van der Waals surface area contributed by atoms with Crippen LogP contribution < -0.4 is 4.90 Å². The molecule has 0 radical (unpaired) electrons. The summed E-state index contributed by atoms with van der Waals surface area (Å²) < 4.78 is 39.9. The van der Waals surface area contributed by atoms with E-state index < -0.39 is 42.8 Å². The summed E-state index contributed by atoms with van der Waals surface area (Å²) in [5.74, 6) is -1.85. The van der Waals surface area contributed by atoms with Gasteiger partial charge in [0.1, 0.15) is 10.7 Å². The van der Waals surface area contributed by atoms with Crippen molar-refractivity contribution in [3.05, 3.63) is 99.4 Å². The highest BCUT2D eigenvalue weighted by Gasteiger charge is 2.31. The second kappa shape index (κ2) is 10.1. The van der Waals surface area contributed by atoms with Crippen molar-refractivity contribution in [2.45, 2.75) is 30.5 Å². The predicted octanol–water partition coefficient (Wildman–Crippen LogP) is 4.37. The zero-order valence-corrected chi connectivity index (χ0v) is 20.7. The Morgan fingerprint density at radius 3 is 2.50 bits per heavy atom. The van der Waals surface area contributed by atoms with Crippen LogP contribution in [0.2, 0.25) is 0 Å². The molecule has 1 aliphatic heterocycles. The van der Waals surface area contributed by atoms with Crippen molar-refractivity contribution in [2.24, 2.45) is 0 Å². The van der Waals surface area contributed by atoms with Crippen LogP contribution in [0.1, 0.15) is 28.4 Å². The lowest BCUT2D eigenvalue weighted by atomic mass is 10.1. The van der Waals surface area contributed by atoms with E-state index in [0.29, 0.717) is 19.6 Å². The second-order valence-electron chi connectivity index (χ2n) is 8.92. The number of sulfone groups is 1. The lowest BCUT2D eigenvalue weighted by Crippen LogP contribution is -2.53. The van der Waals surface area contributed by atoms with Crippen LogP contribution in [-0.4, -0.2) is 49.8 Å². The molecule has 8 nitrogen and oxygen atoms in total. The molecule has 10 heteroatoms. The summed E-state index contributed by atoms with van der Waals surface area (Å²) in [4.78, 5) is 27.4. The minimum atomic E-state index is -4.24. The fourth-order valence-electron chi connectivity index (χ4n) is 4.47. The number of carbonyl (C=O) groups excluding carboxylic acids is 1. The van der Waals surface area contributed by atoms with E-state index in [4.69, 9.17) is 0 Å². The highest BCUT2D eigenvalue weighted by Crippen LogP contribution is 2.30. The molecule has 1 saturated heterocycles. The molecule has 1 heterocycles. The van der Waals surface area contributed by atoms with E-state index >= 15 is 0 Å². The van der Waals surface area contributed by atoms with Gasteiger partial charge in [0.05, 0.1) is 10.7 Å². The Kier molecular flexibility index (Phi) is 7.07. The van der Waals surface area contributed by atoms with Crippen molar-refractivity contribution in [1.29, 1.82) is 0 Å². The first kappa shape index (κ1) is 25.3. The minimum Gasteiger partial charge on any atom is -0.365 e. The van der Waals surface area contributed by atoms with Gasteiger partial charge in [0.2, 0.25) is 0 Å². The van der Waals surface area contributed by atoms with Crippen LogP contribution >= 0.6 is 0 Å². The Morgan fingerprint density at radius 2 is 1.83 bits per heavy atom. The first-order valence-corrected chi connectivity index (χ1v) is 13.1. The van der Waals surface area contributed by atoms with E-state index in [9.17, 15) is 27.7 Å². The van der Waals surface area contributed by atoms with Gasteiger partial charge in [0, 0.05) is 48.6 Å². The van der Waals surface area contributed by atoms with E-state index in [1.54, 1.807) is 4.90 Å². The van der Waals surface area contributed by atoms with Gasteiger partial charge in [-0.15, -0.1) is 0 Å². The van der Waals surface area contributed by atoms with Gasteiger partial charge in [-0.05, 0) is 49.7 Å². The summed E-state index contributed by atoms with van der Waals surface area (Å²) in [6.07, 6.45) is 0. The number of benzene rings is 3. The van der Waals surface area contributed by atoms with E-state index in [-0.39, 0.29) is 17.2 Å². The Morgan fingerprint density at radius 1 is 1.08 bits per heavy atom. The van der Waals surface area contributed by atoms with E-state index in [0.717, 1.165) is 29.4 Å². The van der Waals surface area contributed by atoms with Crippen LogP contribution in [0.15, 0.2) is 71.6 Å². The second-order valence-corrected chi connectivity index (χ2v) is 10.9. The minimum absolute atomic E-state index is 0.0138. The van der Waals surface area contributed by atoms with Gasteiger partial charge in [0.25, 0.3) is 11.6 Å². The number of piperazine rings is 1. The van der Waals surface area contributed by atoms with Gasteiger partial charge < -0.3 is 9.80 Å². The monoisotopic (exact) mass is 511 g/mol. The van der Waals surface area contributed by atoms with Gasteiger partial charge in [-0.2, -0.15) is 0 Å². The fraction of sp³-hybridized carbons (Fsp3) is 0.269. The number of aryl methyl sites for hydroxylation is 1. The third kappa shape index (κ3) is 5.23. The van der Waals surface area contributed by atoms with Crippen LogP contribution in [0.3, 0.4) is 0 Å². The van der Waals surface area contributed by atoms with E-state index in [1.807, 2.05) is 32.0 Å². The van der Waals surface area contributed by atoms with Crippen LogP contribution in [0.4, 0.5) is 15.8 Å². The fourth-order valence-corrected chi connectivity index (χ4v) is 6.00. The molecule has 188 valence electrons. The number of amides is 1. The smallest absolute Gasteiger partial charge is 0.288 e. The number of nitro groups is 1. The topological polar surface area (TPSA) is 101 Å². The molecule has 1 fully saturated rings. The molecule has 0 spiro atoms. The van der Waals surface area contributed by atoms with Crippen LogP contribution in [0.25, 0.3) is 0 Å². The normalized spacial score (nSPS) is 16.1. The molecule has 0 bridgehead atoms. The summed E-state index contributed by atoms with van der Waals surface area (Å²) in [6.45, 7) is 5.43. The van der Waals surface area contributed by atoms with Crippen molar-refractivity contribution in [3.8, 4) is 0 Å². The maximum Gasteiger partial charge on any atom is 0.288 e. The molecule has 0 N–H and O–H groups in total. The molecule has 0 saturated carbocycles. The van der Waals surface area contributed by atoms with Crippen molar-refractivity contribution in [3.63, 3.8) is 0 Å². The standard InChI is InChI=1S/C26H26FN3O5S/c1-18-6-5-8-22(14-18)29-13-12-28(16-19(29)2)26(31)20-10-11-25(24(15-20)30(32)33)36(34,35)17-21-7-3-4-9-23(21)27/h3-11,14-15,19H,12-13,16-17H2,1-2H3/t19-/m1/s1. The summed E-state index contributed by atoms with van der Waals surface area (Å²) >= 11 is 0. The summed E-state index contributed by atoms with van der Waals surface area (Å²) in [5.41, 5.74) is 1.43. The van der Waals surface area contributed by atoms with Crippen molar-refractivity contribution < 1.29 is 22.5 Å². The third-order valence-corrected chi connectivity index (χ3v) is 8.00. The van der Waals surface area contributed by atoms with Gasteiger partial charge in [0.15, 0.2) is 9.84 Å². The molecule has 3 aromatic carbocycles. The predicted molar refractivity (Wildman–Crippen MR) is 134 cm³/mol. The number of anilines is 1. The molecular formula is C26H26FN3O5S. The Balaban J connectivity index is 1.56. The molecule has 0 aliphatic carbocycles. The van der Waals surface area contributed by atoms with Crippen molar-refractivity contribution >= 4 is 27.1 Å². The molecule has 4 rings (SSSR count). The Bertz CT molecular complexity index is 1430. The Labute approximate surface area is 209 Å². The first-order valence-electron chi connectivity index (χ1n) is 11.4. The SMILES string of the molecule is Cc1cccc(N2CCN(C(=O)c3ccc(S(=O)(=O)Cc4ccccc4F)c([N+](=O)[O-])c3)C[C@H]2C)c1. The zero-order chi connectivity index (χ0) is 26.0. The number of rotatable bonds is 6. The molecule has 1 atom stereocenters. The number of hydrogen-bond donors (Lipinski definition) is 0. The first-order chi connectivity index (χ1) is 17.1. The summed E-state index contributed by atoms with van der Waals surface area (Å²) in [5, 5.41) is 11.8. The van der Waals surface area contributed by atoms with Gasteiger partial charge in [-0.3, -0.25) is 14.9 Å². The van der Waals surface area contributed by atoms with Crippen LogP contribution in [0, 0.1) is 22.9 Å². The molecule has 1 amide bonds. The lowest BCUT2D eigenvalue weighted by Gasteiger charge is -2.41. The molecule has 0 unspecified atom stereocenters. The quantitative estimate of drug-likeness (QED) is 0.360. The molecular weight excluding hydrogens is 485 g/mol. The third-order valence-electron chi connectivity index (χ3n) is 6.29. The maximum atomic E-state index is 14.0. The maximum absolute atomic E-state index is 14.0. The molecule has 3 aromatic rings. The van der Waals surface area contributed by atoms with Gasteiger partial charge >= 0.3 is 0 Å². The highest BCUT2D eigenvalue weighted by atomic mass is 32.2. The average Bonchev–Trinajstić information content (AvgIpc) is 2.84. The Hall–Kier alpha value is -3.79. The van der Waals surface area contributed by atoms with Gasteiger partial charge in [-0.1, -0.05) is 30.3 Å². The van der Waals surface area contributed by atoms with Crippen LogP contribution in [0.5, 0.6) is 0 Å². The number of carbonyl (C=O) groups is 1. The molecule has 0 aromatic heterocycles. The van der Waals surface area contributed by atoms with E-state index in [1.165, 1.54) is 24.3 Å². The zero-order valence-electron chi connectivity index (χ0n) is 19.9. The molecule has 1 aliphatic rings. The lowest BCUT2D eigenvalue weighted by molar-refractivity contribution is -0.387. The number of hydrogen-bond acceptors (Lipinski definition) is 6. The van der Waals surface area contributed by atoms with Crippen molar-refractivity contribution in [2.75, 3.05) is 24.5 Å². The number of halogens is 1. The van der Waals surface area contributed by atoms with Crippen LogP contribution in [-0.2, 0) is 15.6 Å².